The van der Waals surface area contributed by atoms with E-state index in [4.69, 9.17) is 14.2 Å². The molecule has 0 spiro atoms. The number of methoxy groups -OCH3 is 1. The van der Waals surface area contributed by atoms with Crippen LogP contribution < -0.4 is 14.2 Å². The fraction of sp³-hybridized carbons (Fsp3) is 0.115. The number of esters is 1. The average Bonchev–Trinajstić information content (AvgIpc) is 2.82. The first-order valence-electron chi connectivity index (χ1n) is 10.1. The molecule has 168 valence electrons. The van der Waals surface area contributed by atoms with E-state index in [1.807, 2.05) is 37.3 Å². The van der Waals surface area contributed by atoms with Gasteiger partial charge in [0.15, 0.2) is 11.5 Å². The molecule has 0 fully saturated rings. The van der Waals surface area contributed by atoms with E-state index in [1.54, 1.807) is 49.6 Å². The predicted octanol–water partition coefficient (Wildman–Crippen LogP) is 5.45. The summed E-state index contributed by atoms with van der Waals surface area (Å²) in [6.07, 6.45) is 5.12. The van der Waals surface area contributed by atoms with Gasteiger partial charge in [-0.2, -0.15) is 0 Å². The number of benzene rings is 3. The number of carbonyl (C=O) groups is 1. The molecule has 0 bridgehead atoms. The van der Waals surface area contributed by atoms with E-state index in [2.05, 4.69) is 0 Å². The van der Waals surface area contributed by atoms with E-state index in [1.165, 1.54) is 12.2 Å². The van der Waals surface area contributed by atoms with Crippen LogP contribution in [0, 0.1) is 17.0 Å². The fourth-order valence-corrected chi connectivity index (χ4v) is 2.94. The molecule has 0 N–H and O–H groups in total. The molecule has 0 aliphatic carbocycles. The van der Waals surface area contributed by atoms with Gasteiger partial charge in [-0.1, -0.05) is 42.5 Å². The number of aryl methyl sites for hydroxylation is 1. The maximum atomic E-state index is 12.1. The van der Waals surface area contributed by atoms with Gasteiger partial charge >= 0.3 is 5.97 Å². The molecule has 33 heavy (non-hydrogen) atoms. The summed E-state index contributed by atoms with van der Waals surface area (Å²) in [5, 5.41) is 10.4. The van der Waals surface area contributed by atoms with Crippen LogP contribution in [0.2, 0.25) is 0 Å². The van der Waals surface area contributed by atoms with Crippen molar-refractivity contribution in [1.29, 1.82) is 0 Å². The summed E-state index contributed by atoms with van der Waals surface area (Å²) in [4.78, 5) is 21.9. The van der Waals surface area contributed by atoms with Crippen LogP contribution in [0.15, 0.2) is 79.0 Å². The Kier molecular flexibility index (Phi) is 7.96. The molecule has 0 saturated carbocycles. The lowest BCUT2D eigenvalue weighted by Crippen LogP contribution is -2.03. The van der Waals surface area contributed by atoms with Crippen LogP contribution in [0.4, 0.5) is 0 Å². The van der Waals surface area contributed by atoms with Crippen LogP contribution in [0.5, 0.6) is 17.2 Å². The quantitative estimate of drug-likeness (QED) is 0.143. The minimum Gasteiger partial charge on any atom is -0.493 e. The molecule has 0 amide bonds. The van der Waals surface area contributed by atoms with Crippen molar-refractivity contribution in [2.45, 2.75) is 13.5 Å². The van der Waals surface area contributed by atoms with Gasteiger partial charge in [0.2, 0.25) is 6.20 Å². The Bertz CT molecular complexity index is 1180. The summed E-state index contributed by atoms with van der Waals surface area (Å²) in [5.41, 5.74) is 3.61. The lowest BCUT2D eigenvalue weighted by atomic mass is 10.1. The number of carbonyl (C=O) groups excluding carboxylic acids is 1. The van der Waals surface area contributed by atoms with E-state index in [-0.39, 0.29) is 0 Å². The molecule has 0 heterocycles. The number of nitrogens with zero attached hydrogens (tertiary/aromatic N) is 1. The topological polar surface area (TPSA) is 87.9 Å². The van der Waals surface area contributed by atoms with Crippen LogP contribution >= 0.6 is 0 Å². The fourth-order valence-electron chi connectivity index (χ4n) is 2.94. The SMILES string of the molecule is COc1cc(/C=C/C(=O)Oc2ccc(/C=C/[N+](=O)[O-])cc2)ccc1OCc1ccccc1C. The van der Waals surface area contributed by atoms with Gasteiger partial charge in [-0.15, -0.1) is 0 Å². The highest BCUT2D eigenvalue weighted by Crippen LogP contribution is 2.29. The summed E-state index contributed by atoms with van der Waals surface area (Å²) < 4.78 is 16.6. The summed E-state index contributed by atoms with van der Waals surface area (Å²) in [5.74, 6) is 0.937. The lowest BCUT2D eigenvalue weighted by molar-refractivity contribution is -0.400. The highest BCUT2D eigenvalue weighted by atomic mass is 16.6. The molecule has 3 rings (SSSR count). The molecular formula is C26H23NO6. The van der Waals surface area contributed by atoms with Crippen molar-refractivity contribution in [3.05, 3.63) is 111 Å². The van der Waals surface area contributed by atoms with E-state index >= 15 is 0 Å². The highest BCUT2D eigenvalue weighted by molar-refractivity contribution is 5.88. The molecule has 3 aromatic carbocycles. The number of nitro groups is 1. The smallest absolute Gasteiger partial charge is 0.336 e. The van der Waals surface area contributed by atoms with Gasteiger partial charge in [-0.25, -0.2) is 4.79 Å². The van der Waals surface area contributed by atoms with Gasteiger partial charge < -0.3 is 14.2 Å². The highest BCUT2D eigenvalue weighted by Gasteiger charge is 2.07. The van der Waals surface area contributed by atoms with Crippen LogP contribution in [0.1, 0.15) is 22.3 Å². The Hall–Kier alpha value is -4.39. The number of hydrogen-bond donors (Lipinski definition) is 0. The minimum absolute atomic E-state index is 0.334. The normalized spacial score (nSPS) is 11.0. The van der Waals surface area contributed by atoms with Gasteiger partial charge in [0.05, 0.1) is 12.0 Å². The van der Waals surface area contributed by atoms with Gasteiger partial charge in [0.1, 0.15) is 12.4 Å². The molecule has 0 saturated heterocycles. The second kappa shape index (κ2) is 11.3. The van der Waals surface area contributed by atoms with Crippen molar-refractivity contribution in [3.8, 4) is 17.2 Å². The zero-order chi connectivity index (χ0) is 23.6. The Labute approximate surface area is 191 Å². The van der Waals surface area contributed by atoms with Crippen molar-refractivity contribution in [3.63, 3.8) is 0 Å². The molecule has 0 aliphatic heterocycles. The predicted molar refractivity (Wildman–Crippen MR) is 126 cm³/mol. The molecule has 0 atom stereocenters. The number of hydrogen-bond acceptors (Lipinski definition) is 6. The van der Waals surface area contributed by atoms with Gasteiger partial charge in [-0.05, 0) is 59.5 Å². The summed E-state index contributed by atoms with van der Waals surface area (Å²) in [6.45, 7) is 2.45. The molecule has 7 nitrogen and oxygen atoms in total. The number of ether oxygens (including phenoxy) is 3. The zero-order valence-corrected chi connectivity index (χ0v) is 18.3. The van der Waals surface area contributed by atoms with Crippen LogP contribution in [-0.4, -0.2) is 18.0 Å². The first-order valence-corrected chi connectivity index (χ1v) is 10.1. The van der Waals surface area contributed by atoms with Crippen molar-refractivity contribution in [2.75, 3.05) is 7.11 Å². The Morgan fingerprint density at radius 2 is 1.70 bits per heavy atom. The molecule has 0 aromatic heterocycles. The molecular weight excluding hydrogens is 422 g/mol. The van der Waals surface area contributed by atoms with Crippen molar-refractivity contribution in [1.82, 2.24) is 0 Å². The largest absolute Gasteiger partial charge is 0.493 e. The van der Waals surface area contributed by atoms with Crippen LogP contribution in [0.25, 0.3) is 12.2 Å². The summed E-state index contributed by atoms with van der Waals surface area (Å²) in [6, 6.07) is 19.7. The minimum atomic E-state index is -0.553. The third kappa shape index (κ3) is 7.07. The van der Waals surface area contributed by atoms with E-state index in [0.717, 1.165) is 22.9 Å². The number of rotatable bonds is 9. The van der Waals surface area contributed by atoms with Crippen molar-refractivity contribution in [2.24, 2.45) is 0 Å². The first-order chi connectivity index (χ1) is 15.9. The summed E-state index contributed by atoms with van der Waals surface area (Å²) in [7, 11) is 1.56. The third-order valence-electron chi connectivity index (χ3n) is 4.73. The molecule has 7 heteroatoms. The van der Waals surface area contributed by atoms with E-state index in [0.29, 0.717) is 29.4 Å². The molecule has 0 aliphatic rings. The second-order valence-corrected chi connectivity index (χ2v) is 7.05. The molecule has 3 aromatic rings. The molecule has 0 radical (unpaired) electrons. The van der Waals surface area contributed by atoms with Gasteiger partial charge in [-0.3, -0.25) is 10.1 Å². The van der Waals surface area contributed by atoms with Crippen molar-refractivity contribution < 1.29 is 23.9 Å². The third-order valence-corrected chi connectivity index (χ3v) is 4.73. The van der Waals surface area contributed by atoms with E-state index in [9.17, 15) is 14.9 Å². The lowest BCUT2D eigenvalue weighted by Gasteiger charge is -2.12. The van der Waals surface area contributed by atoms with Crippen molar-refractivity contribution >= 4 is 18.1 Å². The van der Waals surface area contributed by atoms with Crippen LogP contribution in [-0.2, 0) is 11.4 Å². The van der Waals surface area contributed by atoms with Gasteiger partial charge in [0.25, 0.3) is 0 Å². The second-order valence-electron chi connectivity index (χ2n) is 7.05. The maximum absolute atomic E-state index is 12.1. The Balaban J connectivity index is 1.60. The zero-order valence-electron chi connectivity index (χ0n) is 18.3. The first kappa shape index (κ1) is 23.3. The van der Waals surface area contributed by atoms with Crippen LogP contribution in [0.3, 0.4) is 0 Å². The average molecular weight is 445 g/mol. The Morgan fingerprint density at radius 1 is 0.970 bits per heavy atom. The molecule has 0 unspecified atom stereocenters. The van der Waals surface area contributed by atoms with Gasteiger partial charge in [0, 0.05) is 12.2 Å². The Morgan fingerprint density at radius 3 is 2.39 bits per heavy atom. The maximum Gasteiger partial charge on any atom is 0.336 e. The monoisotopic (exact) mass is 445 g/mol. The summed E-state index contributed by atoms with van der Waals surface area (Å²) >= 11 is 0. The van der Waals surface area contributed by atoms with E-state index < -0.39 is 10.9 Å². The standard InChI is InChI=1S/C26H23NO6/c1-19-5-3-4-6-22(19)18-32-24-13-9-21(17-25(24)31-2)10-14-26(28)33-23-11-7-20(8-12-23)15-16-27(29)30/h3-17H,18H2,1-2H3/b14-10+,16-15+.